The van der Waals surface area contributed by atoms with Crippen LogP contribution < -0.4 is 9.64 Å². The fourth-order valence-corrected chi connectivity index (χ4v) is 6.10. The Hall–Kier alpha value is -2.57. The van der Waals surface area contributed by atoms with Gasteiger partial charge in [0.05, 0.1) is 13.2 Å². The number of morpholine rings is 1. The van der Waals surface area contributed by atoms with Crippen LogP contribution >= 0.6 is 0 Å². The molecule has 0 N–H and O–H groups in total. The minimum atomic E-state index is 0.128. The molecule has 4 aliphatic rings. The summed E-state index contributed by atoms with van der Waals surface area (Å²) in [6.07, 6.45) is 8.37. The van der Waals surface area contributed by atoms with E-state index in [-0.39, 0.29) is 12.0 Å². The van der Waals surface area contributed by atoms with Crippen LogP contribution in [0.2, 0.25) is 0 Å². The number of piperidine rings is 1. The maximum atomic E-state index is 13.1. The van der Waals surface area contributed by atoms with Crippen molar-refractivity contribution in [2.75, 3.05) is 57.4 Å². The van der Waals surface area contributed by atoms with Gasteiger partial charge in [-0.3, -0.25) is 9.69 Å². The van der Waals surface area contributed by atoms with Crippen LogP contribution in [0.4, 0.5) is 5.69 Å². The summed E-state index contributed by atoms with van der Waals surface area (Å²) in [4.78, 5) is 20.1. The summed E-state index contributed by atoms with van der Waals surface area (Å²) in [7, 11) is 0. The lowest BCUT2D eigenvalue weighted by molar-refractivity contribution is 0.0595. The molecule has 1 amide bonds. The minimum Gasteiger partial charge on any atom is -0.490 e. The van der Waals surface area contributed by atoms with E-state index in [9.17, 15) is 4.79 Å². The number of rotatable bonds is 5. The molecule has 2 aromatic rings. The van der Waals surface area contributed by atoms with Gasteiger partial charge in [0.15, 0.2) is 0 Å². The molecule has 192 valence electrons. The van der Waals surface area contributed by atoms with Gasteiger partial charge in [0.25, 0.3) is 5.91 Å². The van der Waals surface area contributed by atoms with Gasteiger partial charge in [0, 0.05) is 69.4 Å². The second-order valence-electron chi connectivity index (χ2n) is 10.8. The number of nitrogens with zero attached hydrogens (tertiary/aromatic N) is 3. The quantitative estimate of drug-likeness (QED) is 0.631. The Balaban J connectivity index is 1.00. The minimum absolute atomic E-state index is 0.128. The molecule has 36 heavy (non-hydrogen) atoms. The van der Waals surface area contributed by atoms with E-state index in [1.54, 1.807) is 0 Å². The number of hydrogen-bond donors (Lipinski definition) is 0. The zero-order chi connectivity index (χ0) is 24.3. The molecule has 0 aromatic heterocycles. The Kier molecular flexibility index (Phi) is 7.15. The van der Waals surface area contributed by atoms with E-state index < -0.39 is 0 Å². The van der Waals surface area contributed by atoms with Crippen molar-refractivity contribution in [3.05, 3.63) is 59.2 Å². The van der Waals surface area contributed by atoms with Gasteiger partial charge >= 0.3 is 0 Å². The third-order valence-corrected chi connectivity index (χ3v) is 8.63. The number of likely N-dealkylation sites (tertiary alicyclic amines) is 1. The molecule has 2 saturated heterocycles. The van der Waals surface area contributed by atoms with E-state index in [1.807, 2.05) is 17.0 Å². The van der Waals surface area contributed by atoms with Gasteiger partial charge in [-0.1, -0.05) is 12.5 Å². The van der Waals surface area contributed by atoms with Crippen molar-refractivity contribution in [3.8, 4) is 5.75 Å². The molecule has 6 nitrogen and oxygen atoms in total. The molecule has 0 unspecified atom stereocenters. The van der Waals surface area contributed by atoms with Gasteiger partial charge in [0.1, 0.15) is 11.9 Å². The Bertz CT molecular complexity index is 1040. The fraction of sp³-hybridized carbons (Fsp3) is 0.567. The first-order chi connectivity index (χ1) is 17.7. The second-order valence-corrected chi connectivity index (χ2v) is 10.8. The highest BCUT2D eigenvalue weighted by atomic mass is 16.5. The molecule has 2 aromatic carbocycles. The number of carbonyl (C=O) groups excluding carboxylic acids is 1. The van der Waals surface area contributed by atoms with Crippen LogP contribution in [-0.2, 0) is 17.6 Å². The largest absolute Gasteiger partial charge is 0.490 e. The highest BCUT2D eigenvalue weighted by molar-refractivity contribution is 5.94. The van der Waals surface area contributed by atoms with E-state index in [2.05, 4.69) is 40.1 Å². The van der Waals surface area contributed by atoms with Gasteiger partial charge in [0.2, 0.25) is 0 Å². The highest BCUT2D eigenvalue weighted by Gasteiger charge is 2.27. The topological polar surface area (TPSA) is 45.3 Å². The molecule has 3 heterocycles. The van der Waals surface area contributed by atoms with Crippen molar-refractivity contribution < 1.29 is 14.3 Å². The Morgan fingerprint density at radius 2 is 1.53 bits per heavy atom. The van der Waals surface area contributed by atoms with Gasteiger partial charge in [-0.2, -0.15) is 0 Å². The van der Waals surface area contributed by atoms with Crippen LogP contribution in [0.5, 0.6) is 5.75 Å². The lowest BCUT2D eigenvalue weighted by Crippen LogP contribution is -2.41. The van der Waals surface area contributed by atoms with Gasteiger partial charge < -0.3 is 19.3 Å². The second kappa shape index (κ2) is 10.8. The molecule has 0 spiro atoms. The highest BCUT2D eigenvalue weighted by Crippen LogP contribution is 2.29. The number of anilines is 1. The summed E-state index contributed by atoms with van der Waals surface area (Å²) in [5, 5.41) is 0. The van der Waals surface area contributed by atoms with Crippen LogP contribution in [0.25, 0.3) is 0 Å². The Labute approximate surface area is 215 Å². The Morgan fingerprint density at radius 3 is 2.22 bits per heavy atom. The van der Waals surface area contributed by atoms with E-state index in [4.69, 9.17) is 9.47 Å². The smallest absolute Gasteiger partial charge is 0.253 e. The lowest BCUT2D eigenvalue weighted by atomic mass is 9.91. The van der Waals surface area contributed by atoms with Crippen molar-refractivity contribution in [1.29, 1.82) is 0 Å². The molecular weight excluding hydrogens is 450 g/mol. The molecule has 3 aliphatic heterocycles. The lowest BCUT2D eigenvalue weighted by Gasteiger charge is -2.36. The van der Waals surface area contributed by atoms with Crippen LogP contribution in [0, 0.1) is 0 Å². The predicted octanol–water partition coefficient (Wildman–Crippen LogP) is 4.16. The number of carbonyl (C=O) groups is 1. The van der Waals surface area contributed by atoms with Gasteiger partial charge in [-0.25, -0.2) is 0 Å². The molecule has 1 aliphatic carbocycles. The average molecular weight is 490 g/mol. The summed E-state index contributed by atoms with van der Waals surface area (Å²) in [5.74, 6) is 1.12. The van der Waals surface area contributed by atoms with Crippen LogP contribution in [0.15, 0.2) is 42.5 Å². The summed E-state index contributed by atoms with van der Waals surface area (Å²) >= 11 is 0. The van der Waals surface area contributed by atoms with Crippen LogP contribution in [-0.4, -0.2) is 80.3 Å². The molecule has 6 heteroatoms. The zero-order valence-corrected chi connectivity index (χ0v) is 21.4. The predicted molar refractivity (Wildman–Crippen MR) is 142 cm³/mol. The SMILES string of the molecule is O=C(c1ccc(N2CCOCC2)cc1)N1CCC(Oc2ccc3c(c2)CCN(C2CCC2)CC3)CC1. The van der Waals surface area contributed by atoms with Gasteiger partial charge in [-0.15, -0.1) is 0 Å². The maximum absolute atomic E-state index is 13.1. The molecule has 1 saturated carbocycles. The molecule has 0 radical (unpaired) electrons. The van der Waals surface area contributed by atoms with Crippen molar-refractivity contribution >= 4 is 11.6 Å². The summed E-state index contributed by atoms with van der Waals surface area (Å²) in [6, 6.07) is 15.6. The number of fused-ring (bicyclic) bond motifs is 1. The first-order valence-corrected chi connectivity index (χ1v) is 14.0. The standard InChI is InChI=1S/C30H39N3O3/c34-30(24-4-7-27(8-5-24)32-18-20-35-21-19-32)33-16-12-28(13-17-33)36-29-9-6-23-10-14-31(26-2-1-3-26)15-11-25(23)22-29/h4-9,22,26,28H,1-3,10-21H2. The van der Waals surface area contributed by atoms with Crippen molar-refractivity contribution in [2.45, 2.75) is 57.1 Å². The number of benzene rings is 2. The fourth-order valence-electron chi connectivity index (χ4n) is 6.10. The first kappa shape index (κ1) is 23.8. The number of amides is 1. The van der Waals surface area contributed by atoms with Gasteiger partial charge in [-0.05, 0) is 73.2 Å². The summed E-state index contributed by atoms with van der Waals surface area (Å²) < 4.78 is 11.9. The van der Waals surface area contributed by atoms with E-state index in [0.29, 0.717) is 0 Å². The first-order valence-electron chi connectivity index (χ1n) is 14.0. The maximum Gasteiger partial charge on any atom is 0.253 e. The monoisotopic (exact) mass is 489 g/mol. The zero-order valence-electron chi connectivity index (χ0n) is 21.4. The Morgan fingerprint density at radius 1 is 0.806 bits per heavy atom. The average Bonchev–Trinajstić information content (AvgIpc) is 3.11. The summed E-state index contributed by atoms with van der Waals surface area (Å²) in [6.45, 7) is 7.21. The van der Waals surface area contributed by atoms with Crippen LogP contribution in [0.3, 0.4) is 0 Å². The van der Waals surface area contributed by atoms with Crippen molar-refractivity contribution in [1.82, 2.24) is 9.80 Å². The molecule has 6 rings (SSSR count). The van der Waals surface area contributed by atoms with Crippen molar-refractivity contribution in [3.63, 3.8) is 0 Å². The number of hydrogen-bond acceptors (Lipinski definition) is 5. The third-order valence-electron chi connectivity index (χ3n) is 8.63. The molecule has 3 fully saturated rings. The summed E-state index contributed by atoms with van der Waals surface area (Å²) in [5.41, 5.74) is 4.89. The van der Waals surface area contributed by atoms with E-state index in [0.717, 1.165) is 82.4 Å². The van der Waals surface area contributed by atoms with Crippen molar-refractivity contribution in [2.24, 2.45) is 0 Å². The number of ether oxygens (including phenoxy) is 2. The van der Waals surface area contributed by atoms with E-state index in [1.165, 1.54) is 49.2 Å². The van der Waals surface area contributed by atoms with E-state index >= 15 is 0 Å². The molecule has 0 atom stereocenters. The molecule has 0 bridgehead atoms. The normalized spacial score (nSPS) is 22.0. The molecular formula is C30H39N3O3. The third kappa shape index (κ3) is 5.25. The van der Waals surface area contributed by atoms with Crippen LogP contribution in [0.1, 0.15) is 53.6 Å².